The first-order valence-corrected chi connectivity index (χ1v) is 7.82. The van der Waals surface area contributed by atoms with E-state index in [1.807, 2.05) is 42.5 Å². The zero-order chi connectivity index (χ0) is 16.2. The minimum atomic E-state index is -0.0102. The Balaban J connectivity index is 1.65. The van der Waals surface area contributed by atoms with Crippen LogP contribution in [0.2, 0.25) is 10.0 Å². The van der Waals surface area contributed by atoms with E-state index in [9.17, 15) is 0 Å². The van der Waals surface area contributed by atoms with E-state index in [0.717, 1.165) is 16.9 Å². The van der Waals surface area contributed by atoms with Crippen molar-refractivity contribution in [1.29, 1.82) is 0 Å². The van der Waals surface area contributed by atoms with Crippen molar-refractivity contribution >= 4 is 46.7 Å². The number of nitrogens with one attached hydrogen (secondary N) is 1. The Morgan fingerprint density at radius 1 is 1.09 bits per heavy atom. The van der Waals surface area contributed by atoms with Gasteiger partial charge in [0.2, 0.25) is 0 Å². The zero-order valence-corrected chi connectivity index (χ0v) is 13.7. The van der Waals surface area contributed by atoms with Gasteiger partial charge in [0.25, 0.3) is 6.02 Å². The first kappa shape index (κ1) is 15.7. The highest BCUT2D eigenvalue weighted by atomic mass is 35.5. The van der Waals surface area contributed by atoms with Crippen molar-refractivity contribution in [2.45, 2.75) is 6.04 Å². The van der Waals surface area contributed by atoms with Gasteiger partial charge in [0.15, 0.2) is 0 Å². The lowest BCUT2D eigenvalue weighted by atomic mass is 10.1. The molecule has 3 N–H and O–H groups in total. The quantitative estimate of drug-likeness (QED) is 0.857. The number of nitrogens with zero attached hydrogens (tertiary/aromatic N) is 1. The summed E-state index contributed by atoms with van der Waals surface area (Å²) in [6.45, 7) is 0.499. The van der Waals surface area contributed by atoms with E-state index < -0.39 is 0 Å². The van der Waals surface area contributed by atoms with Crippen molar-refractivity contribution in [3.05, 3.63) is 64.1 Å². The molecular weight excluding hydrogens is 333 g/mol. The SMILES string of the molecule is NC1=NC(C=Cc2ccc(Nc3ccc(Cl)c(Cl)c3)cc2)CO1. The molecule has 3 rings (SSSR count). The van der Waals surface area contributed by atoms with Crippen LogP contribution in [0.5, 0.6) is 0 Å². The van der Waals surface area contributed by atoms with Crippen molar-refractivity contribution < 1.29 is 4.74 Å². The van der Waals surface area contributed by atoms with Gasteiger partial charge >= 0.3 is 0 Å². The molecule has 23 heavy (non-hydrogen) atoms. The predicted molar refractivity (Wildman–Crippen MR) is 96.6 cm³/mol. The van der Waals surface area contributed by atoms with E-state index in [4.69, 9.17) is 33.7 Å². The standard InChI is InChI=1S/C17H15Cl2N3O/c18-15-8-7-13(9-16(15)19)21-12-4-1-11(2-5-12)3-6-14-10-23-17(20)22-14/h1-9,14,21H,10H2,(H2,20,22). The number of benzene rings is 2. The molecule has 0 aliphatic carbocycles. The lowest BCUT2D eigenvalue weighted by molar-refractivity contribution is 0.327. The van der Waals surface area contributed by atoms with E-state index in [2.05, 4.69) is 10.3 Å². The van der Waals surface area contributed by atoms with Crippen LogP contribution in [-0.2, 0) is 4.74 Å². The van der Waals surface area contributed by atoms with E-state index in [0.29, 0.717) is 16.7 Å². The molecule has 118 valence electrons. The fourth-order valence-corrected chi connectivity index (χ4v) is 2.45. The number of nitrogens with two attached hydrogens (primary N) is 1. The Hall–Kier alpha value is -2.17. The topological polar surface area (TPSA) is 59.6 Å². The van der Waals surface area contributed by atoms with E-state index >= 15 is 0 Å². The molecule has 6 heteroatoms. The van der Waals surface area contributed by atoms with Crippen LogP contribution in [0, 0.1) is 0 Å². The largest absolute Gasteiger partial charge is 0.463 e. The highest BCUT2D eigenvalue weighted by Gasteiger charge is 2.12. The van der Waals surface area contributed by atoms with Gasteiger partial charge in [-0.25, -0.2) is 4.99 Å². The van der Waals surface area contributed by atoms with Gasteiger partial charge in [-0.05, 0) is 35.9 Å². The molecule has 0 saturated carbocycles. The zero-order valence-electron chi connectivity index (χ0n) is 12.2. The number of aliphatic imine (C=N–C) groups is 1. The van der Waals surface area contributed by atoms with E-state index in [-0.39, 0.29) is 12.1 Å². The Bertz CT molecular complexity index is 757. The minimum Gasteiger partial charge on any atom is -0.463 e. The molecule has 0 bridgehead atoms. The molecule has 1 heterocycles. The monoisotopic (exact) mass is 347 g/mol. The van der Waals surface area contributed by atoms with Crippen LogP contribution in [0.3, 0.4) is 0 Å². The fraction of sp³-hybridized carbons (Fsp3) is 0.118. The van der Waals surface area contributed by atoms with Crippen LogP contribution in [0.15, 0.2) is 53.5 Å². The third-order valence-corrected chi connectivity index (χ3v) is 4.06. The van der Waals surface area contributed by atoms with Crippen LogP contribution in [-0.4, -0.2) is 18.7 Å². The summed E-state index contributed by atoms with van der Waals surface area (Å²) in [4.78, 5) is 4.14. The highest BCUT2D eigenvalue weighted by molar-refractivity contribution is 6.42. The smallest absolute Gasteiger partial charge is 0.282 e. The van der Waals surface area contributed by atoms with Gasteiger partial charge in [0.1, 0.15) is 12.6 Å². The van der Waals surface area contributed by atoms with Crippen molar-refractivity contribution in [2.24, 2.45) is 10.7 Å². The minimum absolute atomic E-state index is 0.0102. The lowest BCUT2D eigenvalue weighted by Crippen LogP contribution is -2.10. The normalized spacial score (nSPS) is 17.1. The summed E-state index contributed by atoms with van der Waals surface area (Å²) in [6, 6.07) is 13.7. The number of ether oxygens (including phenoxy) is 1. The van der Waals surface area contributed by atoms with Crippen LogP contribution in [0.4, 0.5) is 11.4 Å². The summed E-state index contributed by atoms with van der Waals surface area (Å²) in [7, 11) is 0. The van der Waals surface area contributed by atoms with E-state index in [1.54, 1.807) is 12.1 Å². The van der Waals surface area contributed by atoms with Gasteiger partial charge in [-0.1, -0.05) is 47.5 Å². The predicted octanol–water partition coefficient (Wildman–Crippen LogP) is 4.46. The second kappa shape index (κ2) is 6.94. The number of halogens is 2. The van der Waals surface area contributed by atoms with Gasteiger partial charge < -0.3 is 15.8 Å². The molecular formula is C17H15Cl2N3O. The Kier molecular flexibility index (Phi) is 4.74. The molecule has 2 aromatic carbocycles. The van der Waals surface area contributed by atoms with Crippen molar-refractivity contribution in [3.63, 3.8) is 0 Å². The molecule has 1 aliphatic heterocycles. The summed E-state index contributed by atoms with van der Waals surface area (Å²) >= 11 is 11.9. The molecule has 1 atom stereocenters. The molecule has 4 nitrogen and oxygen atoms in total. The van der Waals surface area contributed by atoms with Gasteiger partial charge in [-0.2, -0.15) is 0 Å². The average Bonchev–Trinajstić information content (AvgIpc) is 2.96. The number of hydrogen-bond acceptors (Lipinski definition) is 4. The first-order chi connectivity index (χ1) is 11.1. The molecule has 0 fully saturated rings. The third kappa shape index (κ3) is 4.18. The molecule has 0 spiro atoms. The van der Waals surface area contributed by atoms with Gasteiger partial charge in [-0.15, -0.1) is 0 Å². The average molecular weight is 348 g/mol. The molecule has 2 aromatic rings. The Morgan fingerprint density at radius 2 is 1.83 bits per heavy atom. The number of hydrogen-bond donors (Lipinski definition) is 2. The Morgan fingerprint density at radius 3 is 2.48 bits per heavy atom. The lowest BCUT2D eigenvalue weighted by Gasteiger charge is -2.08. The third-order valence-electron chi connectivity index (χ3n) is 3.32. The molecule has 0 saturated heterocycles. The summed E-state index contributed by atoms with van der Waals surface area (Å²) < 4.78 is 5.10. The molecule has 0 radical (unpaired) electrons. The van der Waals surface area contributed by atoms with Crippen molar-refractivity contribution in [3.8, 4) is 0 Å². The van der Waals surface area contributed by atoms with Crippen LogP contribution >= 0.6 is 23.2 Å². The second-order valence-corrected chi connectivity index (χ2v) is 5.90. The summed E-state index contributed by atoms with van der Waals surface area (Å²) in [5, 5.41) is 4.34. The summed E-state index contributed by atoms with van der Waals surface area (Å²) in [6.07, 6.45) is 3.97. The summed E-state index contributed by atoms with van der Waals surface area (Å²) in [5.74, 6) is 0. The molecule has 0 amide bonds. The maximum Gasteiger partial charge on any atom is 0.282 e. The molecule has 1 unspecified atom stereocenters. The van der Waals surface area contributed by atoms with Crippen molar-refractivity contribution in [2.75, 3.05) is 11.9 Å². The number of amidine groups is 1. The van der Waals surface area contributed by atoms with E-state index in [1.165, 1.54) is 0 Å². The molecule has 1 aliphatic rings. The summed E-state index contributed by atoms with van der Waals surface area (Å²) in [5.41, 5.74) is 8.40. The Labute approximate surface area is 144 Å². The van der Waals surface area contributed by atoms with Gasteiger partial charge in [-0.3, -0.25) is 0 Å². The van der Waals surface area contributed by atoms with Gasteiger partial charge in [0, 0.05) is 11.4 Å². The molecule has 0 aromatic heterocycles. The highest BCUT2D eigenvalue weighted by Crippen LogP contribution is 2.27. The fourth-order valence-electron chi connectivity index (χ4n) is 2.15. The number of anilines is 2. The van der Waals surface area contributed by atoms with Crippen LogP contribution in [0.1, 0.15) is 5.56 Å². The van der Waals surface area contributed by atoms with Crippen LogP contribution < -0.4 is 11.1 Å². The van der Waals surface area contributed by atoms with Crippen molar-refractivity contribution in [1.82, 2.24) is 0 Å². The maximum absolute atomic E-state index is 6.01. The second-order valence-electron chi connectivity index (χ2n) is 5.08. The first-order valence-electron chi connectivity index (χ1n) is 7.06. The number of rotatable bonds is 4. The van der Waals surface area contributed by atoms with Gasteiger partial charge in [0.05, 0.1) is 10.0 Å². The van der Waals surface area contributed by atoms with Crippen LogP contribution in [0.25, 0.3) is 6.08 Å². The maximum atomic E-state index is 6.01.